The molecule has 0 spiro atoms. The smallest absolute Gasteiger partial charge is 0.326 e. The van der Waals surface area contributed by atoms with Crippen molar-refractivity contribution in [2.45, 2.75) is 57.7 Å². The Balaban J connectivity index is 4.88. The Labute approximate surface area is 180 Å². The predicted molar refractivity (Wildman–Crippen MR) is 118 cm³/mol. The monoisotopic (exact) mass is 516 g/mol. The topological polar surface area (TPSA) is 120 Å². The van der Waals surface area contributed by atoms with Crippen LogP contribution in [0.2, 0.25) is 0 Å². The molecule has 0 aromatic heterocycles. The Hall–Kier alpha value is -0.590. The number of carbonyl (C=O) groups is 3. The number of aliphatic carboxylic acids is 1. The average molecular weight is 516 g/mol. The molecule has 3 atom stereocenters. The number of thioether (sulfide) groups is 1. The first-order valence-electron chi connectivity index (χ1n) is 9.11. The summed E-state index contributed by atoms with van der Waals surface area (Å²) in [6, 6.07) is -2.12. The van der Waals surface area contributed by atoms with E-state index in [1.165, 1.54) is 0 Å². The van der Waals surface area contributed by atoms with Gasteiger partial charge >= 0.3 is 5.97 Å². The van der Waals surface area contributed by atoms with Crippen LogP contribution in [0.15, 0.2) is 0 Å². The van der Waals surface area contributed by atoms with Gasteiger partial charge in [-0.25, -0.2) is 4.79 Å². The lowest BCUT2D eigenvalue weighted by atomic mass is 10.0. The molecule has 10 heteroatoms. The van der Waals surface area contributed by atoms with E-state index in [9.17, 15) is 19.5 Å². The fourth-order valence-corrected chi connectivity index (χ4v) is 3.34. The Bertz CT molecular complexity index is 468. The Morgan fingerprint density at radius 2 is 1.70 bits per heavy atom. The number of unbranched alkanes of at least 4 members (excludes halogenated alkanes) is 1. The van der Waals surface area contributed by atoms with E-state index in [1.54, 1.807) is 18.8 Å². The maximum absolute atomic E-state index is 12.6. The van der Waals surface area contributed by atoms with Gasteiger partial charge in [-0.2, -0.15) is 11.8 Å². The van der Waals surface area contributed by atoms with E-state index in [-0.39, 0.29) is 17.9 Å². The molecular weight excluding hydrogens is 483 g/mol. The molecule has 0 unspecified atom stereocenters. The standard InChI is InChI=1S/C17H33IN4O4S/c1-11(2)14(22-15(23)12(19-3)8-10-27-4)16(24)21-13(17(25)26)7-5-6-9-20-18/h11-14,19-20H,5-10H2,1-4H3,(H,21,24)(H,22,23)(H,25,26)/t12-,13-,14-/m0/s1. The van der Waals surface area contributed by atoms with Gasteiger partial charge in [0, 0.05) is 29.4 Å². The molecule has 0 saturated carbocycles. The number of carboxylic acid groups (broad SMARTS) is 1. The van der Waals surface area contributed by atoms with E-state index in [4.69, 9.17) is 0 Å². The molecule has 5 N–H and O–H groups in total. The Morgan fingerprint density at radius 3 is 2.19 bits per heavy atom. The highest BCUT2D eigenvalue weighted by atomic mass is 127. The van der Waals surface area contributed by atoms with Crippen LogP contribution < -0.4 is 19.5 Å². The third kappa shape index (κ3) is 11.1. The quantitative estimate of drug-likeness (QED) is 0.126. The zero-order valence-corrected chi connectivity index (χ0v) is 19.5. The molecule has 0 aliphatic rings. The van der Waals surface area contributed by atoms with Crippen molar-refractivity contribution >= 4 is 52.4 Å². The normalized spacial score (nSPS) is 14.4. The molecule has 0 radical (unpaired) electrons. The summed E-state index contributed by atoms with van der Waals surface area (Å²) in [4.78, 5) is 36.6. The van der Waals surface area contributed by atoms with Crippen LogP contribution in [-0.4, -0.2) is 66.6 Å². The Morgan fingerprint density at radius 1 is 1.04 bits per heavy atom. The second-order valence-corrected chi connectivity index (χ2v) is 8.38. The first kappa shape index (κ1) is 26.4. The zero-order chi connectivity index (χ0) is 20.8. The second-order valence-electron chi connectivity index (χ2n) is 6.63. The molecule has 0 bridgehead atoms. The highest BCUT2D eigenvalue weighted by molar-refractivity contribution is 14.1. The van der Waals surface area contributed by atoms with E-state index < -0.39 is 24.0 Å². The maximum Gasteiger partial charge on any atom is 0.326 e. The minimum Gasteiger partial charge on any atom is -0.480 e. The van der Waals surface area contributed by atoms with Crippen LogP contribution in [0.3, 0.4) is 0 Å². The van der Waals surface area contributed by atoms with Gasteiger partial charge in [0.25, 0.3) is 0 Å². The number of carboxylic acids is 1. The summed E-state index contributed by atoms with van der Waals surface area (Å²) in [7, 11) is 1.71. The fourth-order valence-electron chi connectivity index (χ4n) is 2.49. The van der Waals surface area contributed by atoms with Crippen LogP contribution in [0, 0.1) is 5.92 Å². The third-order valence-corrected chi connectivity index (χ3v) is 5.33. The van der Waals surface area contributed by atoms with Crippen LogP contribution in [0.25, 0.3) is 0 Å². The molecule has 0 aromatic carbocycles. The molecule has 0 aliphatic heterocycles. The van der Waals surface area contributed by atoms with Crippen LogP contribution in [-0.2, 0) is 14.4 Å². The number of hydrogen-bond donors (Lipinski definition) is 5. The predicted octanol–water partition coefficient (Wildman–Crippen LogP) is 1.15. The summed E-state index contributed by atoms with van der Waals surface area (Å²) in [6.45, 7) is 4.43. The van der Waals surface area contributed by atoms with E-state index in [0.717, 1.165) is 18.7 Å². The molecule has 0 aromatic rings. The van der Waals surface area contributed by atoms with Gasteiger partial charge in [-0.1, -0.05) is 13.8 Å². The molecule has 0 fully saturated rings. The number of likely N-dealkylation sites (N-methyl/N-ethyl adjacent to an activating group) is 1. The van der Waals surface area contributed by atoms with Gasteiger partial charge in [-0.15, -0.1) is 0 Å². The summed E-state index contributed by atoms with van der Waals surface area (Å²) in [5.41, 5.74) is 0. The molecule has 0 heterocycles. The van der Waals surface area contributed by atoms with Gasteiger partial charge in [-0.3, -0.25) is 13.1 Å². The van der Waals surface area contributed by atoms with Crippen molar-refractivity contribution in [2.75, 3.05) is 25.6 Å². The summed E-state index contributed by atoms with van der Waals surface area (Å²) >= 11 is 3.69. The summed E-state index contributed by atoms with van der Waals surface area (Å²) in [5, 5.41) is 17.7. The van der Waals surface area contributed by atoms with Gasteiger partial charge in [0.15, 0.2) is 0 Å². The van der Waals surface area contributed by atoms with E-state index in [0.29, 0.717) is 19.3 Å². The fraction of sp³-hybridized carbons (Fsp3) is 0.824. The molecule has 2 amide bonds. The third-order valence-electron chi connectivity index (χ3n) is 4.15. The van der Waals surface area contributed by atoms with Crippen LogP contribution >= 0.6 is 34.6 Å². The van der Waals surface area contributed by atoms with Gasteiger partial charge in [-0.05, 0) is 50.7 Å². The minimum absolute atomic E-state index is 0.162. The highest BCUT2D eigenvalue weighted by Crippen LogP contribution is 2.08. The van der Waals surface area contributed by atoms with Gasteiger partial charge in [0.05, 0.1) is 6.04 Å². The number of amides is 2. The molecule has 158 valence electrons. The second kappa shape index (κ2) is 15.3. The highest BCUT2D eigenvalue weighted by Gasteiger charge is 2.30. The van der Waals surface area contributed by atoms with Crippen molar-refractivity contribution in [2.24, 2.45) is 5.92 Å². The summed E-state index contributed by atoms with van der Waals surface area (Å²) < 4.78 is 2.98. The average Bonchev–Trinajstić information content (AvgIpc) is 2.62. The number of halogens is 1. The first-order valence-corrected chi connectivity index (χ1v) is 11.6. The number of nitrogens with one attached hydrogen (secondary N) is 4. The van der Waals surface area contributed by atoms with Gasteiger partial charge < -0.3 is 21.1 Å². The molecule has 8 nitrogen and oxygen atoms in total. The molecule has 0 saturated heterocycles. The van der Waals surface area contributed by atoms with Crippen LogP contribution in [0.4, 0.5) is 0 Å². The lowest BCUT2D eigenvalue weighted by Crippen LogP contribution is -2.56. The number of rotatable bonds is 15. The zero-order valence-electron chi connectivity index (χ0n) is 16.5. The van der Waals surface area contributed by atoms with E-state index >= 15 is 0 Å². The molecular formula is C17H33IN4O4S. The van der Waals surface area contributed by atoms with Crippen molar-refractivity contribution < 1.29 is 19.5 Å². The van der Waals surface area contributed by atoms with Crippen molar-refractivity contribution in [3.8, 4) is 0 Å². The van der Waals surface area contributed by atoms with E-state index in [2.05, 4.69) is 19.5 Å². The maximum atomic E-state index is 12.6. The van der Waals surface area contributed by atoms with Gasteiger partial charge in [0.2, 0.25) is 11.8 Å². The van der Waals surface area contributed by atoms with Crippen molar-refractivity contribution in [1.82, 2.24) is 19.5 Å². The van der Waals surface area contributed by atoms with Crippen molar-refractivity contribution in [1.29, 1.82) is 0 Å². The summed E-state index contributed by atoms with van der Waals surface area (Å²) in [5.74, 6) is -1.11. The molecule has 0 rings (SSSR count). The van der Waals surface area contributed by atoms with Gasteiger partial charge in [0.1, 0.15) is 12.1 Å². The van der Waals surface area contributed by atoms with E-state index in [1.807, 2.05) is 43.0 Å². The lowest BCUT2D eigenvalue weighted by molar-refractivity contribution is -0.142. The SMILES string of the molecule is CN[C@@H](CCSC)C(=O)N[C@H](C(=O)N[C@@H](CCCCNI)C(=O)O)C(C)C. The lowest BCUT2D eigenvalue weighted by Gasteiger charge is -2.26. The summed E-state index contributed by atoms with van der Waals surface area (Å²) in [6.07, 6.45) is 4.48. The van der Waals surface area contributed by atoms with Crippen LogP contribution in [0.1, 0.15) is 39.5 Å². The number of hydrogen-bond acceptors (Lipinski definition) is 6. The minimum atomic E-state index is -1.06. The largest absolute Gasteiger partial charge is 0.480 e. The number of carbonyl (C=O) groups excluding carboxylic acids is 2. The molecule has 27 heavy (non-hydrogen) atoms. The Kier molecular flexibility index (Phi) is 15.0. The van der Waals surface area contributed by atoms with Crippen molar-refractivity contribution in [3.05, 3.63) is 0 Å². The van der Waals surface area contributed by atoms with Crippen LogP contribution in [0.5, 0.6) is 0 Å². The first-order chi connectivity index (χ1) is 12.8. The van der Waals surface area contributed by atoms with Crippen molar-refractivity contribution in [3.63, 3.8) is 0 Å². The molecule has 0 aliphatic carbocycles.